The monoisotopic (exact) mass is 823 g/mol. The normalized spacial score (nSPS) is 12.3. The SMILES string of the molecule is COC(=O)C(Cc1ccc(N(CCCl)CCCl)cc1)NC(=O)OCc1ccc(NC(=O)[C@H](CCCNC(N)=O)NC(=O)[C@@H](NC(=O)CCC(=O)O)C(C)C)cc1. The van der Waals surface area contributed by atoms with Crippen LogP contribution in [0.1, 0.15) is 50.7 Å². The topological polar surface area (TPSA) is 248 Å². The molecule has 0 radical (unpaired) electrons. The number of primary amides is 1. The average Bonchev–Trinajstić information content (AvgIpc) is 3.16. The number of rotatable bonds is 24. The van der Waals surface area contributed by atoms with Crippen molar-refractivity contribution in [2.24, 2.45) is 11.7 Å². The molecule has 2 rings (SSSR count). The van der Waals surface area contributed by atoms with E-state index >= 15 is 0 Å². The number of hydrogen-bond donors (Lipinski definition) is 7. The van der Waals surface area contributed by atoms with Crippen LogP contribution < -0.4 is 37.2 Å². The highest BCUT2D eigenvalue weighted by Gasteiger charge is 2.29. The molecule has 6 amide bonds. The zero-order chi connectivity index (χ0) is 41.6. The Labute approximate surface area is 335 Å². The Kier molecular flexibility index (Phi) is 20.9. The third-order valence-electron chi connectivity index (χ3n) is 8.25. The summed E-state index contributed by atoms with van der Waals surface area (Å²) in [6.45, 7) is 4.56. The quantitative estimate of drug-likeness (QED) is 0.0461. The van der Waals surface area contributed by atoms with Crippen molar-refractivity contribution in [1.82, 2.24) is 21.3 Å². The predicted octanol–water partition coefficient (Wildman–Crippen LogP) is 2.86. The van der Waals surface area contributed by atoms with E-state index in [1.807, 2.05) is 29.2 Å². The molecule has 19 heteroatoms. The number of hydrogen-bond acceptors (Lipinski definition) is 10. The van der Waals surface area contributed by atoms with Gasteiger partial charge in [-0.25, -0.2) is 14.4 Å². The molecule has 56 heavy (non-hydrogen) atoms. The Morgan fingerprint density at radius 3 is 2.00 bits per heavy atom. The Morgan fingerprint density at radius 1 is 0.821 bits per heavy atom. The number of alkyl halides is 2. The van der Waals surface area contributed by atoms with Crippen molar-refractivity contribution in [2.75, 3.05) is 48.7 Å². The summed E-state index contributed by atoms with van der Waals surface area (Å²) in [5.74, 6) is -3.23. The van der Waals surface area contributed by atoms with Crippen LogP contribution in [0.2, 0.25) is 0 Å². The van der Waals surface area contributed by atoms with E-state index in [4.69, 9.17) is 43.5 Å². The van der Waals surface area contributed by atoms with Gasteiger partial charge in [0.25, 0.3) is 0 Å². The van der Waals surface area contributed by atoms with E-state index in [0.29, 0.717) is 36.1 Å². The van der Waals surface area contributed by atoms with Crippen LogP contribution in [-0.2, 0) is 46.5 Å². The van der Waals surface area contributed by atoms with Gasteiger partial charge in [-0.3, -0.25) is 19.2 Å². The van der Waals surface area contributed by atoms with Crippen molar-refractivity contribution < 1.29 is 48.1 Å². The molecule has 0 saturated heterocycles. The fourth-order valence-electron chi connectivity index (χ4n) is 5.28. The van der Waals surface area contributed by atoms with Crippen LogP contribution in [0.25, 0.3) is 0 Å². The van der Waals surface area contributed by atoms with Gasteiger partial charge < -0.3 is 51.8 Å². The first-order chi connectivity index (χ1) is 26.7. The Balaban J connectivity index is 2.03. The molecule has 8 N–H and O–H groups in total. The number of esters is 1. The fraction of sp³-hybridized carbons (Fsp3) is 0.486. The summed E-state index contributed by atoms with van der Waals surface area (Å²) >= 11 is 11.8. The minimum atomic E-state index is -1.16. The maximum Gasteiger partial charge on any atom is 0.408 e. The Morgan fingerprint density at radius 2 is 1.45 bits per heavy atom. The third kappa shape index (κ3) is 17.5. The molecule has 0 spiro atoms. The van der Waals surface area contributed by atoms with Gasteiger partial charge in [0.2, 0.25) is 17.7 Å². The molecule has 17 nitrogen and oxygen atoms in total. The van der Waals surface area contributed by atoms with Crippen LogP contribution in [0.3, 0.4) is 0 Å². The van der Waals surface area contributed by atoms with Gasteiger partial charge in [-0.15, -0.1) is 23.2 Å². The molecule has 0 aliphatic carbocycles. The maximum atomic E-state index is 13.4. The summed E-state index contributed by atoms with van der Waals surface area (Å²) in [6.07, 6.45) is -1.09. The first-order valence-electron chi connectivity index (χ1n) is 17.9. The van der Waals surface area contributed by atoms with Crippen LogP contribution in [-0.4, -0.2) is 104 Å². The number of carbonyl (C=O) groups is 7. The van der Waals surface area contributed by atoms with E-state index in [1.165, 1.54) is 7.11 Å². The van der Waals surface area contributed by atoms with Gasteiger partial charge in [-0.2, -0.15) is 0 Å². The number of alkyl carbamates (subject to hydrolysis) is 1. The smallest absolute Gasteiger partial charge is 0.408 e. The van der Waals surface area contributed by atoms with Crippen LogP contribution in [0, 0.1) is 5.92 Å². The number of carboxylic acids is 1. The molecular formula is C37H51Cl2N7O10. The molecule has 0 aliphatic rings. The summed E-state index contributed by atoms with van der Waals surface area (Å²) in [5.41, 5.74) is 7.72. The molecule has 0 saturated carbocycles. The fourth-order valence-corrected chi connectivity index (χ4v) is 5.69. The number of methoxy groups -OCH3 is 1. The maximum absolute atomic E-state index is 13.4. The van der Waals surface area contributed by atoms with Gasteiger partial charge in [-0.05, 0) is 54.2 Å². The van der Waals surface area contributed by atoms with Crippen molar-refractivity contribution in [2.45, 2.75) is 70.7 Å². The lowest BCUT2D eigenvalue weighted by Crippen LogP contribution is -2.54. The van der Waals surface area contributed by atoms with Crippen LogP contribution in [0.5, 0.6) is 0 Å². The van der Waals surface area contributed by atoms with Crippen molar-refractivity contribution in [3.63, 3.8) is 0 Å². The van der Waals surface area contributed by atoms with Crippen molar-refractivity contribution in [1.29, 1.82) is 0 Å². The number of carboxylic acid groups (broad SMARTS) is 1. The number of nitrogens with zero attached hydrogens (tertiary/aromatic N) is 1. The van der Waals surface area contributed by atoms with E-state index in [1.54, 1.807) is 38.1 Å². The van der Waals surface area contributed by atoms with E-state index < -0.39 is 72.2 Å². The zero-order valence-electron chi connectivity index (χ0n) is 31.6. The number of nitrogens with one attached hydrogen (secondary N) is 5. The summed E-state index contributed by atoms with van der Waals surface area (Å²) in [5, 5.41) is 21.7. The van der Waals surface area contributed by atoms with Crippen LogP contribution >= 0.6 is 23.2 Å². The highest BCUT2D eigenvalue weighted by molar-refractivity contribution is 6.18. The summed E-state index contributed by atoms with van der Waals surface area (Å²) in [7, 11) is 1.22. The second-order valence-electron chi connectivity index (χ2n) is 12.9. The van der Waals surface area contributed by atoms with E-state index in [0.717, 1.165) is 11.3 Å². The van der Waals surface area contributed by atoms with E-state index in [2.05, 4.69) is 26.6 Å². The Hall–Kier alpha value is -5.29. The van der Waals surface area contributed by atoms with E-state index in [-0.39, 0.29) is 38.8 Å². The van der Waals surface area contributed by atoms with Gasteiger partial charge in [0.05, 0.1) is 13.5 Å². The molecule has 3 atom stereocenters. The van der Waals surface area contributed by atoms with Crippen molar-refractivity contribution >= 4 is 76.4 Å². The lowest BCUT2D eigenvalue weighted by atomic mass is 10.0. The van der Waals surface area contributed by atoms with Gasteiger partial charge in [0, 0.05) is 55.6 Å². The third-order valence-corrected chi connectivity index (χ3v) is 8.59. The Bertz CT molecular complexity index is 1610. The number of anilines is 2. The molecule has 0 fully saturated rings. The molecule has 0 bridgehead atoms. The number of benzene rings is 2. The summed E-state index contributed by atoms with van der Waals surface area (Å²) < 4.78 is 10.2. The first kappa shape index (κ1) is 46.9. The number of ether oxygens (including phenoxy) is 2. The zero-order valence-corrected chi connectivity index (χ0v) is 33.1. The number of nitrogens with two attached hydrogens (primary N) is 1. The van der Waals surface area contributed by atoms with Crippen molar-refractivity contribution in [3.8, 4) is 0 Å². The number of aliphatic carboxylic acids is 1. The highest BCUT2D eigenvalue weighted by Crippen LogP contribution is 2.18. The minimum Gasteiger partial charge on any atom is -0.481 e. The second kappa shape index (κ2) is 25.0. The summed E-state index contributed by atoms with van der Waals surface area (Å²) in [4.78, 5) is 88.1. The minimum absolute atomic E-state index is 0.0935. The lowest BCUT2D eigenvalue weighted by molar-refractivity contribution is -0.143. The summed E-state index contributed by atoms with van der Waals surface area (Å²) in [6, 6.07) is 9.83. The average molecular weight is 825 g/mol. The molecule has 1 unspecified atom stereocenters. The largest absolute Gasteiger partial charge is 0.481 e. The molecule has 0 heterocycles. The first-order valence-corrected chi connectivity index (χ1v) is 19.0. The standard InChI is InChI=1S/C37H51Cl2N7O10/c1-23(2)32(45-30(47)14-15-31(48)49)34(51)43-28(5-4-18-41-36(40)53)33(50)42-26-10-6-25(7-11-26)22-56-37(54)44-29(35(52)55-3)21-24-8-12-27(13-9-24)46(19-16-38)20-17-39/h6-13,23,28-29,32H,4-5,14-22H2,1-3H3,(H,42,50)(H,43,51)(H,44,54)(H,45,47)(H,48,49)(H3,40,41,53)/t28-,29?,32-/m0/s1. The molecule has 308 valence electrons. The predicted molar refractivity (Wildman–Crippen MR) is 210 cm³/mol. The van der Waals surface area contributed by atoms with Gasteiger partial charge in [0.15, 0.2) is 0 Å². The number of carbonyl (C=O) groups excluding carboxylic acids is 6. The number of halogens is 2. The van der Waals surface area contributed by atoms with E-state index in [9.17, 15) is 33.6 Å². The molecule has 2 aromatic carbocycles. The number of amides is 6. The second-order valence-corrected chi connectivity index (χ2v) is 13.7. The highest BCUT2D eigenvalue weighted by atomic mass is 35.5. The molecule has 0 aliphatic heterocycles. The van der Waals surface area contributed by atoms with Crippen LogP contribution in [0.15, 0.2) is 48.5 Å². The molecule has 2 aromatic rings. The van der Waals surface area contributed by atoms with Gasteiger partial charge in [0.1, 0.15) is 24.7 Å². The van der Waals surface area contributed by atoms with Crippen LogP contribution in [0.4, 0.5) is 21.0 Å². The van der Waals surface area contributed by atoms with Gasteiger partial charge >= 0.3 is 24.1 Å². The van der Waals surface area contributed by atoms with Crippen molar-refractivity contribution in [3.05, 3.63) is 59.7 Å². The molecule has 0 aromatic heterocycles. The van der Waals surface area contributed by atoms with Gasteiger partial charge in [-0.1, -0.05) is 38.1 Å². The molecular weight excluding hydrogens is 773 g/mol. The lowest BCUT2D eigenvalue weighted by Gasteiger charge is -2.25. The number of urea groups is 1.